The molecule has 5 heteroatoms. The van der Waals surface area contributed by atoms with Crippen molar-refractivity contribution in [2.75, 3.05) is 18.5 Å². The van der Waals surface area contributed by atoms with Gasteiger partial charge in [0.05, 0.1) is 13.2 Å². The number of hydrogen-bond donors (Lipinski definition) is 2. The second kappa shape index (κ2) is 8.63. The van der Waals surface area contributed by atoms with Gasteiger partial charge in [0.2, 0.25) is 5.91 Å². The van der Waals surface area contributed by atoms with Crippen molar-refractivity contribution < 1.29 is 14.3 Å². The molecule has 136 valence electrons. The Hall–Kier alpha value is -2.66. The molecule has 1 fully saturated rings. The van der Waals surface area contributed by atoms with Crippen molar-refractivity contribution in [1.29, 1.82) is 0 Å². The summed E-state index contributed by atoms with van der Waals surface area (Å²) in [6.45, 7) is 3.15. The lowest BCUT2D eigenvalue weighted by Gasteiger charge is -2.10. The third-order valence-electron chi connectivity index (χ3n) is 4.33. The summed E-state index contributed by atoms with van der Waals surface area (Å²) in [6.07, 6.45) is 2.54. The average molecular weight is 352 g/mol. The Kier molecular flexibility index (Phi) is 6.02. The maximum atomic E-state index is 12.1. The molecule has 1 aliphatic rings. The summed E-state index contributed by atoms with van der Waals surface area (Å²) in [5.41, 5.74) is 3.18. The normalized spacial score (nSPS) is 13.3. The summed E-state index contributed by atoms with van der Waals surface area (Å²) in [5.74, 6) is 0.221. The van der Waals surface area contributed by atoms with Crippen LogP contribution < -0.4 is 10.6 Å². The molecular weight excluding hydrogens is 328 g/mol. The van der Waals surface area contributed by atoms with Gasteiger partial charge in [-0.3, -0.25) is 9.59 Å². The lowest BCUT2D eigenvalue weighted by Crippen LogP contribution is -2.33. The molecule has 0 unspecified atom stereocenters. The van der Waals surface area contributed by atoms with E-state index < -0.39 is 0 Å². The minimum atomic E-state index is -0.261. The van der Waals surface area contributed by atoms with Crippen LogP contribution in [0.5, 0.6) is 0 Å². The first-order valence-corrected chi connectivity index (χ1v) is 8.92. The van der Waals surface area contributed by atoms with E-state index in [4.69, 9.17) is 4.74 Å². The van der Waals surface area contributed by atoms with Crippen LogP contribution in [0, 0.1) is 12.8 Å². The van der Waals surface area contributed by atoms with Crippen LogP contribution in [-0.4, -0.2) is 25.0 Å². The number of nitrogens with one attached hydrogen (secondary N) is 2. The Morgan fingerprint density at radius 3 is 2.69 bits per heavy atom. The molecule has 1 saturated carbocycles. The third-order valence-corrected chi connectivity index (χ3v) is 4.33. The SMILES string of the molecule is Cc1ccccc1C(=O)NCC(=O)Nc1cccc(COCC2CC2)c1. The molecule has 0 saturated heterocycles. The van der Waals surface area contributed by atoms with Crippen LogP contribution in [0.4, 0.5) is 5.69 Å². The number of benzene rings is 2. The van der Waals surface area contributed by atoms with Crippen LogP contribution in [-0.2, 0) is 16.1 Å². The zero-order chi connectivity index (χ0) is 18.4. The summed E-state index contributed by atoms with van der Waals surface area (Å²) in [5, 5.41) is 5.46. The van der Waals surface area contributed by atoms with E-state index in [1.54, 1.807) is 12.1 Å². The number of hydrogen-bond acceptors (Lipinski definition) is 3. The molecule has 5 nitrogen and oxygen atoms in total. The predicted octanol–water partition coefficient (Wildman–Crippen LogP) is 3.29. The van der Waals surface area contributed by atoms with E-state index in [2.05, 4.69) is 10.6 Å². The zero-order valence-electron chi connectivity index (χ0n) is 15.0. The van der Waals surface area contributed by atoms with Gasteiger partial charge in [0, 0.05) is 17.9 Å². The number of ether oxygens (including phenoxy) is 1. The Balaban J connectivity index is 1.46. The fourth-order valence-corrected chi connectivity index (χ4v) is 2.66. The number of amides is 2. The Labute approximate surface area is 153 Å². The zero-order valence-corrected chi connectivity index (χ0v) is 15.0. The highest BCUT2D eigenvalue weighted by Crippen LogP contribution is 2.29. The van der Waals surface area contributed by atoms with Gasteiger partial charge in [-0.05, 0) is 55.0 Å². The topological polar surface area (TPSA) is 67.4 Å². The largest absolute Gasteiger partial charge is 0.376 e. The van der Waals surface area contributed by atoms with Gasteiger partial charge in [-0.1, -0.05) is 30.3 Å². The number of rotatable bonds is 8. The van der Waals surface area contributed by atoms with E-state index in [0.29, 0.717) is 17.9 Å². The van der Waals surface area contributed by atoms with Gasteiger partial charge < -0.3 is 15.4 Å². The molecular formula is C21H24N2O3. The van der Waals surface area contributed by atoms with Crippen LogP contribution >= 0.6 is 0 Å². The lowest BCUT2D eigenvalue weighted by atomic mass is 10.1. The Morgan fingerprint density at radius 1 is 1.12 bits per heavy atom. The van der Waals surface area contributed by atoms with Crippen molar-refractivity contribution in [3.8, 4) is 0 Å². The fraction of sp³-hybridized carbons (Fsp3) is 0.333. The second-order valence-corrected chi connectivity index (χ2v) is 6.70. The highest BCUT2D eigenvalue weighted by atomic mass is 16.5. The van der Waals surface area contributed by atoms with Gasteiger partial charge in [0.15, 0.2) is 0 Å². The minimum Gasteiger partial charge on any atom is -0.376 e. The van der Waals surface area contributed by atoms with Gasteiger partial charge in [0.1, 0.15) is 0 Å². The van der Waals surface area contributed by atoms with Crippen molar-refractivity contribution in [3.63, 3.8) is 0 Å². The van der Waals surface area contributed by atoms with Crippen molar-refractivity contribution in [3.05, 3.63) is 65.2 Å². The summed E-state index contributed by atoms with van der Waals surface area (Å²) < 4.78 is 5.67. The maximum absolute atomic E-state index is 12.1. The highest BCUT2D eigenvalue weighted by Gasteiger charge is 2.21. The van der Waals surface area contributed by atoms with Gasteiger partial charge in [-0.15, -0.1) is 0 Å². The van der Waals surface area contributed by atoms with Gasteiger partial charge >= 0.3 is 0 Å². The molecule has 0 bridgehead atoms. The molecule has 3 rings (SSSR count). The van der Waals surface area contributed by atoms with Gasteiger partial charge in [-0.25, -0.2) is 0 Å². The molecule has 0 spiro atoms. The highest BCUT2D eigenvalue weighted by molar-refractivity contribution is 6.00. The van der Waals surface area contributed by atoms with E-state index in [9.17, 15) is 9.59 Å². The minimum absolute atomic E-state index is 0.0738. The van der Waals surface area contributed by atoms with Crippen molar-refractivity contribution >= 4 is 17.5 Å². The number of aryl methyl sites for hydroxylation is 1. The van der Waals surface area contributed by atoms with Crippen molar-refractivity contribution in [2.45, 2.75) is 26.4 Å². The molecule has 0 aliphatic heterocycles. The first kappa shape index (κ1) is 18.1. The monoisotopic (exact) mass is 352 g/mol. The summed E-state index contributed by atoms with van der Waals surface area (Å²) >= 11 is 0. The van der Waals surface area contributed by atoms with Crippen LogP contribution in [0.15, 0.2) is 48.5 Å². The van der Waals surface area contributed by atoms with Gasteiger partial charge in [-0.2, -0.15) is 0 Å². The van der Waals surface area contributed by atoms with Crippen molar-refractivity contribution in [2.24, 2.45) is 5.92 Å². The molecule has 0 aromatic heterocycles. The first-order chi connectivity index (χ1) is 12.6. The average Bonchev–Trinajstić information content (AvgIpc) is 3.45. The molecule has 0 radical (unpaired) electrons. The van der Waals surface area contributed by atoms with Crippen LogP contribution in [0.3, 0.4) is 0 Å². The quantitative estimate of drug-likeness (QED) is 0.766. The summed E-state index contributed by atoms with van der Waals surface area (Å²) in [6, 6.07) is 14.9. The summed E-state index contributed by atoms with van der Waals surface area (Å²) in [7, 11) is 0. The number of anilines is 1. The Morgan fingerprint density at radius 2 is 1.92 bits per heavy atom. The molecule has 0 atom stereocenters. The smallest absolute Gasteiger partial charge is 0.251 e. The first-order valence-electron chi connectivity index (χ1n) is 8.92. The van der Waals surface area contributed by atoms with Gasteiger partial charge in [0.25, 0.3) is 5.91 Å². The number of carbonyl (C=O) groups excluding carboxylic acids is 2. The third kappa shape index (κ3) is 5.43. The van der Waals surface area contributed by atoms with Crippen LogP contribution in [0.1, 0.15) is 34.3 Å². The molecule has 2 N–H and O–H groups in total. The van der Waals surface area contributed by atoms with E-state index in [0.717, 1.165) is 23.7 Å². The molecule has 0 heterocycles. The lowest BCUT2D eigenvalue weighted by molar-refractivity contribution is -0.115. The predicted molar refractivity (Wildman–Crippen MR) is 101 cm³/mol. The van der Waals surface area contributed by atoms with E-state index in [1.165, 1.54) is 12.8 Å². The van der Waals surface area contributed by atoms with Crippen molar-refractivity contribution in [1.82, 2.24) is 5.32 Å². The van der Waals surface area contributed by atoms with Crippen LogP contribution in [0.25, 0.3) is 0 Å². The molecule has 2 aromatic rings. The van der Waals surface area contributed by atoms with E-state index in [-0.39, 0.29) is 18.4 Å². The van der Waals surface area contributed by atoms with Crippen LogP contribution in [0.2, 0.25) is 0 Å². The standard InChI is InChI=1S/C21H24N2O3/c1-15-5-2-3-8-19(15)21(25)22-12-20(24)23-18-7-4-6-17(11-18)14-26-13-16-9-10-16/h2-8,11,16H,9-10,12-14H2,1H3,(H,22,25)(H,23,24). The molecule has 26 heavy (non-hydrogen) atoms. The maximum Gasteiger partial charge on any atom is 0.251 e. The van der Waals surface area contributed by atoms with E-state index in [1.807, 2.05) is 43.3 Å². The Bertz CT molecular complexity index is 784. The van der Waals surface area contributed by atoms with E-state index >= 15 is 0 Å². The fourth-order valence-electron chi connectivity index (χ4n) is 2.66. The summed E-state index contributed by atoms with van der Waals surface area (Å²) in [4.78, 5) is 24.2. The molecule has 2 aromatic carbocycles. The molecule has 1 aliphatic carbocycles. The molecule has 2 amide bonds. The second-order valence-electron chi connectivity index (χ2n) is 6.70. The number of carbonyl (C=O) groups is 2.